The van der Waals surface area contributed by atoms with Crippen molar-refractivity contribution < 1.29 is 4.79 Å². The Morgan fingerprint density at radius 1 is 1.33 bits per heavy atom. The summed E-state index contributed by atoms with van der Waals surface area (Å²) in [5, 5.41) is 6.95. The molecule has 3 heterocycles. The number of rotatable bonds is 6. The maximum atomic E-state index is 12.3. The number of hydrogen-bond acceptors (Lipinski definition) is 7. The van der Waals surface area contributed by atoms with Crippen LogP contribution in [0.4, 0.5) is 5.95 Å². The Labute approximate surface area is 145 Å². The summed E-state index contributed by atoms with van der Waals surface area (Å²) >= 11 is 1.14. The fourth-order valence-electron chi connectivity index (χ4n) is 2.76. The van der Waals surface area contributed by atoms with E-state index in [0.29, 0.717) is 11.4 Å². The van der Waals surface area contributed by atoms with Crippen molar-refractivity contribution in [2.24, 2.45) is 0 Å². The third-order valence-corrected chi connectivity index (χ3v) is 4.79. The van der Waals surface area contributed by atoms with Crippen LogP contribution in [0.1, 0.15) is 53.7 Å². The molecule has 2 aromatic rings. The molecular weight excluding hydrogens is 324 g/mol. The van der Waals surface area contributed by atoms with E-state index in [4.69, 9.17) is 0 Å². The van der Waals surface area contributed by atoms with Crippen LogP contribution in [0.3, 0.4) is 0 Å². The minimum absolute atomic E-state index is 0.133. The van der Waals surface area contributed by atoms with Gasteiger partial charge in [0.2, 0.25) is 5.95 Å². The lowest BCUT2D eigenvalue weighted by Crippen LogP contribution is -2.31. The Hall–Kier alpha value is -2.09. The highest BCUT2D eigenvalue weighted by molar-refractivity contribution is 7.08. The third kappa shape index (κ3) is 4.05. The van der Waals surface area contributed by atoms with Crippen LogP contribution in [0.2, 0.25) is 0 Å². The first-order chi connectivity index (χ1) is 11.8. The van der Waals surface area contributed by atoms with Gasteiger partial charge < -0.3 is 10.2 Å². The fourth-order valence-corrected chi connectivity index (χ4v) is 3.39. The van der Waals surface area contributed by atoms with E-state index in [2.05, 4.69) is 36.7 Å². The van der Waals surface area contributed by atoms with Crippen molar-refractivity contribution in [3.63, 3.8) is 0 Å². The van der Waals surface area contributed by atoms with Crippen molar-refractivity contribution in [2.75, 3.05) is 18.0 Å². The highest BCUT2D eigenvalue weighted by Gasteiger charge is 2.16. The van der Waals surface area contributed by atoms with Gasteiger partial charge in [0.15, 0.2) is 0 Å². The number of amides is 1. The van der Waals surface area contributed by atoms with Gasteiger partial charge in [0.25, 0.3) is 5.91 Å². The Morgan fingerprint density at radius 3 is 2.96 bits per heavy atom. The maximum Gasteiger partial charge on any atom is 0.265 e. The molecule has 24 heavy (non-hydrogen) atoms. The molecule has 128 valence electrons. The van der Waals surface area contributed by atoms with Gasteiger partial charge in [0.1, 0.15) is 4.88 Å². The molecule has 8 heteroatoms. The van der Waals surface area contributed by atoms with Gasteiger partial charge in [-0.3, -0.25) is 4.79 Å². The second kappa shape index (κ2) is 8.14. The highest BCUT2D eigenvalue weighted by atomic mass is 32.1. The molecule has 0 radical (unpaired) electrons. The molecule has 2 aromatic heterocycles. The summed E-state index contributed by atoms with van der Waals surface area (Å²) in [7, 11) is 0. The van der Waals surface area contributed by atoms with Crippen LogP contribution >= 0.6 is 11.5 Å². The van der Waals surface area contributed by atoms with E-state index in [-0.39, 0.29) is 5.91 Å². The predicted octanol–water partition coefficient (Wildman–Crippen LogP) is 2.20. The number of piperidine rings is 1. The molecule has 1 saturated heterocycles. The number of hydrogen-bond donors (Lipinski definition) is 1. The minimum Gasteiger partial charge on any atom is -0.346 e. The lowest BCUT2D eigenvalue weighted by molar-refractivity contribution is 0.0953. The number of carbonyl (C=O) groups is 1. The number of aromatic nitrogens is 4. The lowest BCUT2D eigenvalue weighted by Gasteiger charge is -2.26. The SMILES string of the molecule is CCCc1nnsc1C(=O)NCc1ccnc(N2CCCCC2)n1. The van der Waals surface area contributed by atoms with E-state index in [0.717, 1.165) is 54.8 Å². The monoisotopic (exact) mass is 346 g/mol. The zero-order valence-electron chi connectivity index (χ0n) is 13.9. The molecule has 1 N–H and O–H groups in total. The number of nitrogens with one attached hydrogen (secondary N) is 1. The first kappa shape index (κ1) is 16.8. The van der Waals surface area contributed by atoms with Crippen LogP contribution < -0.4 is 10.2 Å². The van der Waals surface area contributed by atoms with Gasteiger partial charge >= 0.3 is 0 Å². The standard InChI is InChI=1S/C16H22N6OS/c1-2-6-13-14(24-21-20-13)15(23)18-11-12-7-8-17-16(19-12)22-9-4-3-5-10-22/h7-8H,2-6,9-11H2,1H3,(H,18,23). The summed E-state index contributed by atoms with van der Waals surface area (Å²) in [6, 6.07) is 1.84. The van der Waals surface area contributed by atoms with Gasteiger partial charge in [-0.15, -0.1) is 5.10 Å². The van der Waals surface area contributed by atoms with Crippen LogP contribution in [-0.4, -0.2) is 38.6 Å². The van der Waals surface area contributed by atoms with Crippen LogP contribution in [-0.2, 0) is 13.0 Å². The molecule has 7 nitrogen and oxygen atoms in total. The highest BCUT2D eigenvalue weighted by Crippen LogP contribution is 2.16. The molecule has 1 fully saturated rings. The number of carbonyl (C=O) groups excluding carboxylic acids is 1. The largest absolute Gasteiger partial charge is 0.346 e. The normalized spacial score (nSPS) is 14.6. The number of nitrogens with zero attached hydrogens (tertiary/aromatic N) is 5. The molecule has 0 aliphatic carbocycles. The fraction of sp³-hybridized carbons (Fsp3) is 0.562. The molecule has 1 aliphatic heterocycles. The molecule has 0 spiro atoms. The summed E-state index contributed by atoms with van der Waals surface area (Å²) in [6.07, 6.45) is 7.11. The van der Waals surface area contributed by atoms with E-state index in [1.54, 1.807) is 6.20 Å². The number of anilines is 1. The molecule has 3 rings (SSSR count). The second-order valence-corrected chi connectivity index (χ2v) is 6.63. The molecule has 0 atom stereocenters. The van der Waals surface area contributed by atoms with Gasteiger partial charge in [-0.2, -0.15) is 0 Å². The molecule has 0 saturated carbocycles. The third-order valence-electron chi connectivity index (χ3n) is 4.02. The van der Waals surface area contributed by atoms with E-state index >= 15 is 0 Å². The van der Waals surface area contributed by atoms with Crippen LogP contribution in [0.5, 0.6) is 0 Å². The van der Waals surface area contributed by atoms with Crippen molar-refractivity contribution >= 4 is 23.4 Å². The Morgan fingerprint density at radius 2 is 2.17 bits per heavy atom. The van der Waals surface area contributed by atoms with E-state index < -0.39 is 0 Å². The summed E-state index contributed by atoms with van der Waals surface area (Å²) in [6.45, 7) is 4.45. The van der Waals surface area contributed by atoms with Gasteiger partial charge in [0.05, 0.1) is 17.9 Å². The van der Waals surface area contributed by atoms with E-state index in [1.807, 2.05) is 6.07 Å². The molecule has 0 aromatic carbocycles. The average molecular weight is 346 g/mol. The smallest absolute Gasteiger partial charge is 0.265 e. The second-order valence-electron chi connectivity index (χ2n) is 5.88. The first-order valence-corrected chi connectivity index (χ1v) is 9.21. The topological polar surface area (TPSA) is 83.9 Å². The van der Waals surface area contributed by atoms with Gasteiger partial charge in [-0.05, 0) is 43.3 Å². The quantitative estimate of drug-likeness (QED) is 0.863. The summed E-state index contributed by atoms with van der Waals surface area (Å²) in [5.41, 5.74) is 1.59. The molecule has 0 unspecified atom stereocenters. The zero-order valence-corrected chi connectivity index (χ0v) is 14.7. The molecule has 1 aliphatic rings. The van der Waals surface area contributed by atoms with Crippen LogP contribution in [0, 0.1) is 0 Å². The zero-order chi connectivity index (χ0) is 16.8. The maximum absolute atomic E-state index is 12.3. The van der Waals surface area contributed by atoms with Crippen molar-refractivity contribution in [1.29, 1.82) is 0 Å². The summed E-state index contributed by atoms with van der Waals surface area (Å²) < 4.78 is 3.89. The van der Waals surface area contributed by atoms with Crippen LogP contribution in [0.25, 0.3) is 0 Å². The molecular formula is C16H22N6OS. The molecule has 0 bridgehead atoms. The van der Waals surface area contributed by atoms with Gasteiger partial charge in [0, 0.05) is 19.3 Å². The predicted molar refractivity (Wildman–Crippen MR) is 93.2 cm³/mol. The molecule has 1 amide bonds. The van der Waals surface area contributed by atoms with Crippen molar-refractivity contribution in [1.82, 2.24) is 24.9 Å². The first-order valence-electron chi connectivity index (χ1n) is 8.44. The summed E-state index contributed by atoms with van der Waals surface area (Å²) in [5.74, 6) is 0.624. The Kier molecular flexibility index (Phi) is 5.68. The van der Waals surface area contributed by atoms with Gasteiger partial charge in [-0.1, -0.05) is 17.8 Å². The Balaban J connectivity index is 1.61. The van der Waals surface area contributed by atoms with Crippen molar-refractivity contribution in [3.05, 3.63) is 28.5 Å². The van der Waals surface area contributed by atoms with Gasteiger partial charge in [-0.25, -0.2) is 9.97 Å². The van der Waals surface area contributed by atoms with E-state index in [1.165, 1.54) is 19.3 Å². The summed E-state index contributed by atoms with van der Waals surface area (Å²) in [4.78, 5) is 24.1. The Bertz CT molecular complexity index is 683. The van der Waals surface area contributed by atoms with E-state index in [9.17, 15) is 4.79 Å². The minimum atomic E-state index is -0.133. The van der Waals surface area contributed by atoms with Crippen molar-refractivity contribution in [3.8, 4) is 0 Å². The number of aryl methyl sites for hydroxylation is 1. The van der Waals surface area contributed by atoms with Crippen molar-refractivity contribution in [2.45, 2.75) is 45.6 Å². The average Bonchev–Trinajstić information content (AvgIpc) is 3.09. The lowest BCUT2D eigenvalue weighted by atomic mass is 10.1. The van der Waals surface area contributed by atoms with Crippen LogP contribution in [0.15, 0.2) is 12.3 Å².